The number of aryl methyl sites for hydroxylation is 1. The molecule has 0 aliphatic carbocycles. The van der Waals surface area contributed by atoms with Crippen LogP contribution in [0.2, 0.25) is 0 Å². The van der Waals surface area contributed by atoms with Gasteiger partial charge in [-0.15, -0.1) is 0 Å². The molecule has 98 valence electrons. The average molecular weight is 262 g/mol. The van der Waals surface area contributed by atoms with Crippen molar-refractivity contribution in [2.75, 3.05) is 0 Å². The molecule has 0 aromatic heterocycles. The maximum atomic E-state index is 11.5. The summed E-state index contributed by atoms with van der Waals surface area (Å²) in [6.45, 7) is 2.00. The van der Waals surface area contributed by atoms with Gasteiger partial charge in [0, 0.05) is 0 Å². The molecule has 0 spiro atoms. The maximum absolute atomic E-state index is 11.5. The molecule has 0 aliphatic rings. The Bertz CT molecular complexity index is 803. The van der Waals surface area contributed by atoms with Gasteiger partial charge in [-0.25, -0.2) is 4.79 Å². The Hall–Kier alpha value is -2.61. The molecule has 0 saturated carbocycles. The van der Waals surface area contributed by atoms with E-state index in [1.165, 1.54) is 0 Å². The molecule has 0 atom stereocenters. The second kappa shape index (κ2) is 4.82. The van der Waals surface area contributed by atoms with Crippen molar-refractivity contribution in [2.45, 2.75) is 6.92 Å². The van der Waals surface area contributed by atoms with E-state index in [1.54, 1.807) is 6.07 Å². The van der Waals surface area contributed by atoms with Gasteiger partial charge >= 0.3 is 5.97 Å². The highest BCUT2D eigenvalue weighted by atomic mass is 16.4. The summed E-state index contributed by atoms with van der Waals surface area (Å²) in [5.41, 5.74) is 3.16. The summed E-state index contributed by atoms with van der Waals surface area (Å²) >= 11 is 0. The molecule has 0 radical (unpaired) electrons. The predicted octanol–water partition coefficient (Wildman–Crippen LogP) is 4.51. The fourth-order valence-corrected chi connectivity index (χ4v) is 2.47. The van der Waals surface area contributed by atoms with E-state index in [2.05, 4.69) is 0 Å². The van der Waals surface area contributed by atoms with Crippen LogP contribution in [-0.2, 0) is 0 Å². The minimum Gasteiger partial charge on any atom is -0.478 e. The molecule has 0 saturated heterocycles. The Labute approximate surface area is 117 Å². The first kappa shape index (κ1) is 12.4. The zero-order valence-corrected chi connectivity index (χ0v) is 11.1. The number of carboxylic acids is 1. The van der Waals surface area contributed by atoms with Crippen LogP contribution in [0.25, 0.3) is 21.9 Å². The van der Waals surface area contributed by atoms with Crippen LogP contribution in [0.5, 0.6) is 0 Å². The van der Waals surface area contributed by atoms with Crippen LogP contribution >= 0.6 is 0 Å². The molecule has 3 aromatic rings. The SMILES string of the molecule is Cc1cccc(-c2cc3ccccc3cc2C(=O)O)c1. The summed E-state index contributed by atoms with van der Waals surface area (Å²) < 4.78 is 0. The molecule has 3 aromatic carbocycles. The van der Waals surface area contributed by atoms with Crippen LogP contribution in [-0.4, -0.2) is 11.1 Å². The van der Waals surface area contributed by atoms with Gasteiger partial charge in [-0.3, -0.25) is 0 Å². The Morgan fingerprint density at radius 2 is 1.60 bits per heavy atom. The second-order valence-electron chi connectivity index (χ2n) is 4.92. The van der Waals surface area contributed by atoms with Crippen LogP contribution in [0.15, 0.2) is 60.7 Å². The fourth-order valence-electron chi connectivity index (χ4n) is 2.47. The Morgan fingerprint density at radius 1 is 0.900 bits per heavy atom. The summed E-state index contributed by atoms with van der Waals surface area (Å²) in [5.74, 6) is -0.896. The number of fused-ring (bicyclic) bond motifs is 1. The number of hydrogen-bond acceptors (Lipinski definition) is 1. The molecule has 0 aliphatic heterocycles. The monoisotopic (exact) mass is 262 g/mol. The van der Waals surface area contributed by atoms with Crippen molar-refractivity contribution in [3.05, 3.63) is 71.8 Å². The van der Waals surface area contributed by atoms with E-state index < -0.39 is 5.97 Å². The third-order valence-corrected chi connectivity index (χ3v) is 3.45. The molecule has 0 fully saturated rings. The van der Waals surface area contributed by atoms with Crippen molar-refractivity contribution in [3.63, 3.8) is 0 Å². The van der Waals surface area contributed by atoms with E-state index in [0.717, 1.165) is 27.5 Å². The van der Waals surface area contributed by atoms with Crippen LogP contribution in [0, 0.1) is 6.92 Å². The maximum Gasteiger partial charge on any atom is 0.336 e. The number of carbonyl (C=O) groups is 1. The van der Waals surface area contributed by atoms with Crippen molar-refractivity contribution < 1.29 is 9.90 Å². The van der Waals surface area contributed by atoms with Gasteiger partial charge in [0.1, 0.15) is 0 Å². The summed E-state index contributed by atoms with van der Waals surface area (Å²) in [6.07, 6.45) is 0. The van der Waals surface area contributed by atoms with Crippen LogP contribution in [0.1, 0.15) is 15.9 Å². The normalized spacial score (nSPS) is 10.7. The predicted molar refractivity (Wildman–Crippen MR) is 81.1 cm³/mol. The second-order valence-corrected chi connectivity index (χ2v) is 4.92. The number of hydrogen-bond donors (Lipinski definition) is 1. The topological polar surface area (TPSA) is 37.3 Å². The molecule has 2 heteroatoms. The van der Waals surface area contributed by atoms with Crippen molar-refractivity contribution >= 4 is 16.7 Å². The minimum atomic E-state index is -0.896. The summed E-state index contributed by atoms with van der Waals surface area (Å²) in [4.78, 5) is 11.5. The minimum absolute atomic E-state index is 0.342. The Kier molecular flexibility index (Phi) is 2.99. The van der Waals surface area contributed by atoms with E-state index in [9.17, 15) is 9.90 Å². The first-order valence-electron chi connectivity index (χ1n) is 6.48. The lowest BCUT2D eigenvalue weighted by Crippen LogP contribution is -2.00. The van der Waals surface area contributed by atoms with Gasteiger partial charge in [-0.1, -0.05) is 54.1 Å². The molecule has 20 heavy (non-hydrogen) atoms. The number of rotatable bonds is 2. The van der Waals surface area contributed by atoms with E-state index >= 15 is 0 Å². The number of carboxylic acid groups (broad SMARTS) is 1. The van der Waals surface area contributed by atoms with E-state index in [-0.39, 0.29) is 0 Å². The Balaban J connectivity index is 2.32. The molecule has 0 amide bonds. The Morgan fingerprint density at radius 3 is 2.25 bits per heavy atom. The zero-order chi connectivity index (χ0) is 14.1. The third-order valence-electron chi connectivity index (χ3n) is 3.45. The first-order valence-corrected chi connectivity index (χ1v) is 6.48. The highest BCUT2D eigenvalue weighted by molar-refractivity contribution is 6.02. The van der Waals surface area contributed by atoms with Gasteiger partial charge in [-0.05, 0) is 41.0 Å². The van der Waals surface area contributed by atoms with Crippen LogP contribution in [0.3, 0.4) is 0 Å². The summed E-state index contributed by atoms with van der Waals surface area (Å²) in [6, 6.07) is 19.4. The first-order chi connectivity index (χ1) is 9.65. The zero-order valence-electron chi connectivity index (χ0n) is 11.1. The molecular weight excluding hydrogens is 248 g/mol. The van der Waals surface area contributed by atoms with Crippen molar-refractivity contribution in [2.24, 2.45) is 0 Å². The summed E-state index contributed by atoms with van der Waals surface area (Å²) in [5, 5.41) is 11.5. The van der Waals surface area contributed by atoms with E-state index in [0.29, 0.717) is 5.56 Å². The lowest BCUT2D eigenvalue weighted by Gasteiger charge is -2.09. The smallest absolute Gasteiger partial charge is 0.336 e. The molecule has 0 heterocycles. The molecule has 2 nitrogen and oxygen atoms in total. The van der Waals surface area contributed by atoms with Gasteiger partial charge in [0.15, 0.2) is 0 Å². The molecule has 0 unspecified atom stereocenters. The standard InChI is InChI=1S/C18H14O2/c1-12-5-4-8-15(9-12)16-10-13-6-2-3-7-14(13)11-17(16)18(19)20/h2-11H,1H3,(H,19,20). The van der Waals surface area contributed by atoms with E-state index in [4.69, 9.17) is 0 Å². The molecule has 1 N–H and O–H groups in total. The van der Waals surface area contributed by atoms with Gasteiger partial charge in [0.25, 0.3) is 0 Å². The number of aromatic carboxylic acids is 1. The van der Waals surface area contributed by atoms with Gasteiger partial charge < -0.3 is 5.11 Å². The highest BCUT2D eigenvalue weighted by Gasteiger charge is 2.13. The van der Waals surface area contributed by atoms with E-state index in [1.807, 2.05) is 61.5 Å². The van der Waals surface area contributed by atoms with Gasteiger partial charge in [0.2, 0.25) is 0 Å². The molecular formula is C18H14O2. The largest absolute Gasteiger partial charge is 0.478 e. The summed E-state index contributed by atoms with van der Waals surface area (Å²) in [7, 11) is 0. The van der Waals surface area contributed by atoms with Crippen LogP contribution in [0.4, 0.5) is 0 Å². The third kappa shape index (κ3) is 2.16. The molecule has 3 rings (SSSR count). The lowest BCUT2D eigenvalue weighted by molar-refractivity contribution is 0.0698. The van der Waals surface area contributed by atoms with Gasteiger partial charge in [0.05, 0.1) is 5.56 Å². The van der Waals surface area contributed by atoms with Crippen molar-refractivity contribution in [1.82, 2.24) is 0 Å². The lowest BCUT2D eigenvalue weighted by atomic mass is 9.95. The molecule has 0 bridgehead atoms. The van der Waals surface area contributed by atoms with Gasteiger partial charge in [-0.2, -0.15) is 0 Å². The average Bonchev–Trinajstić information content (AvgIpc) is 2.46. The van der Waals surface area contributed by atoms with Crippen molar-refractivity contribution in [1.29, 1.82) is 0 Å². The quantitative estimate of drug-likeness (QED) is 0.737. The number of benzene rings is 3. The van der Waals surface area contributed by atoms with Crippen molar-refractivity contribution in [3.8, 4) is 11.1 Å². The van der Waals surface area contributed by atoms with Crippen LogP contribution < -0.4 is 0 Å². The highest BCUT2D eigenvalue weighted by Crippen LogP contribution is 2.29. The fraction of sp³-hybridized carbons (Fsp3) is 0.0556.